The molecule has 19 heavy (non-hydrogen) atoms. The van der Waals surface area contributed by atoms with Crippen molar-refractivity contribution in [3.63, 3.8) is 0 Å². The molecule has 0 fully saturated rings. The molecule has 2 aromatic carbocycles. The standard InChI is InChI=1S/C17H13IO/c1-12-6-5-9-14(10-12)17-15(18)11-16(19-17)13-7-3-2-4-8-13/h2-11H,1H3. The van der Waals surface area contributed by atoms with Gasteiger partial charge in [-0.2, -0.15) is 0 Å². The van der Waals surface area contributed by atoms with E-state index < -0.39 is 0 Å². The fraction of sp³-hybridized carbons (Fsp3) is 0.0588. The normalized spacial score (nSPS) is 10.6. The Balaban J connectivity index is 2.08. The minimum Gasteiger partial charge on any atom is -0.455 e. The van der Waals surface area contributed by atoms with Gasteiger partial charge in [0.05, 0.1) is 3.57 Å². The minimum absolute atomic E-state index is 0.918. The van der Waals surface area contributed by atoms with Gasteiger partial charge in [0.2, 0.25) is 0 Å². The van der Waals surface area contributed by atoms with Crippen molar-refractivity contribution in [2.24, 2.45) is 0 Å². The zero-order valence-corrected chi connectivity index (χ0v) is 12.7. The number of rotatable bonds is 2. The van der Waals surface area contributed by atoms with E-state index in [1.54, 1.807) is 0 Å². The number of aryl methyl sites for hydroxylation is 1. The summed E-state index contributed by atoms with van der Waals surface area (Å²) in [6.45, 7) is 2.09. The Labute approximate surface area is 126 Å². The predicted octanol–water partition coefficient (Wildman–Crippen LogP) is 5.53. The molecule has 0 aliphatic heterocycles. The maximum Gasteiger partial charge on any atom is 0.148 e. The molecule has 0 unspecified atom stereocenters. The first-order chi connectivity index (χ1) is 9.24. The van der Waals surface area contributed by atoms with Gasteiger partial charge in [-0.1, -0.05) is 54.1 Å². The van der Waals surface area contributed by atoms with Crippen LogP contribution in [-0.2, 0) is 0 Å². The van der Waals surface area contributed by atoms with Gasteiger partial charge < -0.3 is 4.42 Å². The average molecular weight is 360 g/mol. The van der Waals surface area contributed by atoms with Crippen LogP contribution in [0.5, 0.6) is 0 Å². The lowest BCUT2D eigenvalue weighted by Gasteiger charge is -2.00. The maximum atomic E-state index is 6.03. The number of furan rings is 1. The monoisotopic (exact) mass is 360 g/mol. The summed E-state index contributed by atoms with van der Waals surface area (Å²) in [5.74, 6) is 1.87. The molecule has 0 radical (unpaired) electrons. The molecule has 1 nitrogen and oxygen atoms in total. The van der Waals surface area contributed by atoms with Crippen LogP contribution in [0.3, 0.4) is 0 Å². The quantitative estimate of drug-likeness (QED) is 0.548. The van der Waals surface area contributed by atoms with Crippen LogP contribution in [-0.4, -0.2) is 0 Å². The summed E-state index contributed by atoms with van der Waals surface area (Å²) in [5, 5.41) is 0. The van der Waals surface area contributed by atoms with Crippen LogP contribution < -0.4 is 0 Å². The highest BCUT2D eigenvalue weighted by molar-refractivity contribution is 14.1. The lowest BCUT2D eigenvalue weighted by molar-refractivity contribution is 0.596. The van der Waals surface area contributed by atoms with Crippen LogP contribution in [0.2, 0.25) is 0 Å². The van der Waals surface area contributed by atoms with E-state index in [-0.39, 0.29) is 0 Å². The van der Waals surface area contributed by atoms with Crippen molar-refractivity contribution in [2.75, 3.05) is 0 Å². The van der Waals surface area contributed by atoms with Gasteiger partial charge in [-0.15, -0.1) is 0 Å². The van der Waals surface area contributed by atoms with Crippen molar-refractivity contribution < 1.29 is 4.42 Å². The molecule has 2 heteroatoms. The molecule has 0 N–H and O–H groups in total. The average Bonchev–Trinajstić information content (AvgIpc) is 2.82. The maximum absolute atomic E-state index is 6.03. The lowest BCUT2D eigenvalue weighted by atomic mass is 10.1. The van der Waals surface area contributed by atoms with E-state index in [0.29, 0.717) is 0 Å². The van der Waals surface area contributed by atoms with Crippen LogP contribution >= 0.6 is 22.6 Å². The summed E-state index contributed by atoms with van der Waals surface area (Å²) in [7, 11) is 0. The molecule has 3 aromatic rings. The molecule has 3 rings (SSSR count). The third-order valence-corrected chi connectivity index (χ3v) is 3.83. The second kappa shape index (κ2) is 5.21. The fourth-order valence-corrected chi connectivity index (χ4v) is 2.80. The van der Waals surface area contributed by atoms with Gasteiger partial charge in [0.25, 0.3) is 0 Å². The van der Waals surface area contributed by atoms with Crippen molar-refractivity contribution in [3.8, 4) is 22.6 Å². The van der Waals surface area contributed by atoms with Crippen LogP contribution in [0, 0.1) is 10.5 Å². The summed E-state index contributed by atoms with van der Waals surface area (Å²) in [5.41, 5.74) is 3.48. The zero-order valence-electron chi connectivity index (χ0n) is 10.6. The summed E-state index contributed by atoms with van der Waals surface area (Å²) >= 11 is 2.33. The molecule has 0 atom stereocenters. The van der Waals surface area contributed by atoms with Gasteiger partial charge >= 0.3 is 0 Å². The first-order valence-electron chi connectivity index (χ1n) is 6.16. The molecule has 0 bridgehead atoms. The van der Waals surface area contributed by atoms with E-state index in [1.807, 2.05) is 18.2 Å². The molecule has 0 spiro atoms. The molecule has 0 saturated heterocycles. The molecule has 1 aromatic heterocycles. The number of benzene rings is 2. The number of halogens is 1. The van der Waals surface area contributed by atoms with Crippen LogP contribution in [0.25, 0.3) is 22.6 Å². The molecule has 0 saturated carbocycles. The highest BCUT2D eigenvalue weighted by Gasteiger charge is 2.12. The fourth-order valence-electron chi connectivity index (χ4n) is 2.10. The van der Waals surface area contributed by atoms with E-state index in [2.05, 4.69) is 72.0 Å². The van der Waals surface area contributed by atoms with Crippen molar-refractivity contribution in [2.45, 2.75) is 6.92 Å². The van der Waals surface area contributed by atoms with Crippen LogP contribution in [0.4, 0.5) is 0 Å². The first kappa shape index (κ1) is 12.5. The highest BCUT2D eigenvalue weighted by atomic mass is 127. The van der Waals surface area contributed by atoms with Crippen LogP contribution in [0.15, 0.2) is 65.1 Å². The molecule has 0 aliphatic rings. The third kappa shape index (κ3) is 2.59. The Hall–Kier alpha value is -1.55. The Morgan fingerprint density at radius 2 is 1.58 bits per heavy atom. The molecule has 1 heterocycles. The predicted molar refractivity (Wildman–Crippen MR) is 87.0 cm³/mol. The molecule has 94 valence electrons. The van der Waals surface area contributed by atoms with E-state index >= 15 is 0 Å². The van der Waals surface area contributed by atoms with Gasteiger partial charge in [0.15, 0.2) is 0 Å². The van der Waals surface area contributed by atoms with Gasteiger partial charge in [-0.25, -0.2) is 0 Å². The van der Waals surface area contributed by atoms with Crippen molar-refractivity contribution in [1.82, 2.24) is 0 Å². The van der Waals surface area contributed by atoms with Crippen molar-refractivity contribution >= 4 is 22.6 Å². The zero-order chi connectivity index (χ0) is 13.2. The molecular weight excluding hydrogens is 347 g/mol. The summed E-state index contributed by atoms with van der Waals surface area (Å²) in [4.78, 5) is 0. The van der Waals surface area contributed by atoms with Crippen molar-refractivity contribution in [1.29, 1.82) is 0 Å². The topological polar surface area (TPSA) is 13.1 Å². The summed E-state index contributed by atoms with van der Waals surface area (Å²) in [6, 6.07) is 20.7. The second-order valence-corrected chi connectivity index (χ2v) is 5.69. The van der Waals surface area contributed by atoms with Crippen LogP contribution in [0.1, 0.15) is 5.56 Å². The van der Waals surface area contributed by atoms with Gasteiger partial charge in [0.1, 0.15) is 11.5 Å². The minimum atomic E-state index is 0.918. The van der Waals surface area contributed by atoms with E-state index in [9.17, 15) is 0 Å². The Bertz CT molecular complexity index is 698. The smallest absolute Gasteiger partial charge is 0.148 e. The van der Waals surface area contributed by atoms with Gasteiger partial charge in [-0.3, -0.25) is 0 Å². The van der Waals surface area contributed by atoms with E-state index in [1.165, 1.54) is 5.56 Å². The molecular formula is C17H13IO. The van der Waals surface area contributed by atoms with E-state index in [4.69, 9.17) is 4.42 Å². The van der Waals surface area contributed by atoms with Gasteiger partial charge in [0, 0.05) is 11.1 Å². The van der Waals surface area contributed by atoms with Gasteiger partial charge in [-0.05, 0) is 41.6 Å². The molecule has 0 amide bonds. The highest BCUT2D eigenvalue weighted by Crippen LogP contribution is 2.33. The number of hydrogen-bond acceptors (Lipinski definition) is 1. The Kier molecular flexibility index (Phi) is 3.42. The lowest BCUT2D eigenvalue weighted by Crippen LogP contribution is -1.78. The Morgan fingerprint density at radius 1 is 0.842 bits per heavy atom. The summed E-state index contributed by atoms with van der Waals surface area (Å²) < 4.78 is 7.17. The Morgan fingerprint density at radius 3 is 2.32 bits per heavy atom. The largest absolute Gasteiger partial charge is 0.455 e. The van der Waals surface area contributed by atoms with E-state index in [0.717, 1.165) is 26.2 Å². The third-order valence-electron chi connectivity index (χ3n) is 3.03. The number of hydrogen-bond donors (Lipinski definition) is 0. The second-order valence-electron chi connectivity index (χ2n) is 4.52. The SMILES string of the molecule is Cc1cccc(-c2oc(-c3ccccc3)cc2I)c1. The summed E-state index contributed by atoms with van der Waals surface area (Å²) in [6.07, 6.45) is 0. The first-order valence-corrected chi connectivity index (χ1v) is 7.24. The molecule has 0 aliphatic carbocycles. The van der Waals surface area contributed by atoms with Crippen molar-refractivity contribution in [3.05, 3.63) is 69.8 Å².